The lowest BCUT2D eigenvalue weighted by atomic mass is 9.95. The Bertz CT molecular complexity index is 1810. The molecular formula is C31H19NS. The van der Waals surface area contributed by atoms with Crippen molar-refractivity contribution in [2.75, 3.05) is 0 Å². The molecule has 0 aliphatic rings. The van der Waals surface area contributed by atoms with Crippen LogP contribution in [0.5, 0.6) is 0 Å². The lowest BCUT2D eigenvalue weighted by Crippen LogP contribution is -1.86. The molecule has 0 saturated carbocycles. The van der Waals surface area contributed by atoms with Crippen LogP contribution < -0.4 is 0 Å². The van der Waals surface area contributed by atoms with E-state index in [-0.39, 0.29) is 0 Å². The second-order valence-electron chi connectivity index (χ2n) is 8.38. The van der Waals surface area contributed by atoms with Gasteiger partial charge in [-0.15, -0.1) is 11.3 Å². The molecular weight excluding hydrogens is 418 g/mol. The Morgan fingerprint density at radius 3 is 2.00 bits per heavy atom. The van der Waals surface area contributed by atoms with E-state index in [1.807, 2.05) is 23.6 Å². The first-order valence-corrected chi connectivity index (χ1v) is 12.0. The zero-order chi connectivity index (χ0) is 21.8. The summed E-state index contributed by atoms with van der Waals surface area (Å²) >= 11 is 1.90. The lowest BCUT2D eigenvalue weighted by molar-refractivity contribution is 1.43. The molecule has 5 aromatic carbocycles. The summed E-state index contributed by atoms with van der Waals surface area (Å²) in [6, 6.07) is 39.2. The number of hydrogen-bond acceptors (Lipinski definition) is 2. The second kappa shape index (κ2) is 7.26. The summed E-state index contributed by atoms with van der Waals surface area (Å²) < 4.78 is 2.67. The van der Waals surface area contributed by atoms with Gasteiger partial charge in [-0.05, 0) is 28.1 Å². The summed E-state index contributed by atoms with van der Waals surface area (Å²) in [5.41, 5.74) is 6.14. The lowest BCUT2D eigenvalue weighted by Gasteiger charge is -2.10. The quantitative estimate of drug-likeness (QED) is 0.246. The maximum Gasteiger partial charge on any atom is 0.0786 e. The second-order valence-corrected chi connectivity index (χ2v) is 9.40. The minimum atomic E-state index is 1.06. The Labute approximate surface area is 195 Å². The molecule has 2 heteroatoms. The van der Waals surface area contributed by atoms with Crippen molar-refractivity contribution in [3.63, 3.8) is 0 Å². The minimum absolute atomic E-state index is 1.06. The first-order valence-electron chi connectivity index (χ1n) is 11.1. The molecule has 0 aliphatic carbocycles. The van der Waals surface area contributed by atoms with Gasteiger partial charge >= 0.3 is 0 Å². The molecule has 2 heterocycles. The van der Waals surface area contributed by atoms with E-state index < -0.39 is 0 Å². The molecule has 0 radical (unpaired) electrons. The summed E-state index contributed by atoms with van der Waals surface area (Å²) in [7, 11) is 0. The summed E-state index contributed by atoms with van der Waals surface area (Å²) in [5.74, 6) is 0. The van der Waals surface area contributed by atoms with Gasteiger partial charge in [-0.3, -0.25) is 4.98 Å². The third-order valence-electron chi connectivity index (χ3n) is 6.51. The molecule has 0 atom stereocenters. The Balaban J connectivity index is 1.59. The molecule has 1 nitrogen and oxygen atoms in total. The molecule has 2 aromatic heterocycles. The maximum atomic E-state index is 4.78. The van der Waals surface area contributed by atoms with Crippen molar-refractivity contribution in [2.45, 2.75) is 0 Å². The van der Waals surface area contributed by atoms with Crippen molar-refractivity contribution in [2.24, 2.45) is 0 Å². The van der Waals surface area contributed by atoms with E-state index in [1.165, 1.54) is 58.6 Å². The van der Waals surface area contributed by atoms with Crippen LogP contribution in [0.1, 0.15) is 0 Å². The van der Waals surface area contributed by atoms with Gasteiger partial charge in [0.2, 0.25) is 0 Å². The van der Waals surface area contributed by atoms with Crippen LogP contribution in [0.2, 0.25) is 0 Å². The highest BCUT2D eigenvalue weighted by molar-refractivity contribution is 7.26. The zero-order valence-electron chi connectivity index (χ0n) is 17.8. The van der Waals surface area contributed by atoms with Crippen LogP contribution in [-0.2, 0) is 0 Å². The summed E-state index contributed by atoms with van der Waals surface area (Å²) in [6.45, 7) is 0. The molecule has 0 fully saturated rings. The molecule has 154 valence electrons. The van der Waals surface area contributed by atoms with Crippen molar-refractivity contribution in [1.29, 1.82) is 0 Å². The fourth-order valence-corrected chi connectivity index (χ4v) is 6.38. The van der Waals surface area contributed by atoms with E-state index in [0.29, 0.717) is 0 Å². The number of pyridine rings is 1. The molecule has 0 amide bonds. The minimum Gasteiger partial charge on any atom is -0.256 e. The number of hydrogen-bond donors (Lipinski definition) is 0. The fraction of sp³-hybridized carbons (Fsp3) is 0. The van der Waals surface area contributed by atoms with Crippen LogP contribution >= 0.6 is 11.3 Å². The van der Waals surface area contributed by atoms with Crippen LogP contribution in [0, 0.1) is 0 Å². The number of aromatic nitrogens is 1. The number of nitrogens with zero attached hydrogens (tertiary/aromatic N) is 1. The zero-order valence-corrected chi connectivity index (χ0v) is 18.6. The number of benzene rings is 5. The van der Waals surface area contributed by atoms with E-state index >= 15 is 0 Å². The standard InChI is InChI=1S/C31H19NS/c1-2-8-20(9-3-1)23-12-5-15-26-27-16-6-14-25(31(27)33-30(23)26)24-13-4-10-21-17-18-22-11-7-19-32-29(22)28(21)24/h1-19H. The third kappa shape index (κ3) is 2.81. The molecule has 0 aliphatic heterocycles. The third-order valence-corrected chi connectivity index (χ3v) is 7.80. The van der Waals surface area contributed by atoms with Crippen LogP contribution in [0.15, 0.2) is 115 Å². The van der Waals surface area contributed by atoms with Gasteiger partial charge in [0.15, 0.2) is 0 Å². The summed E-state index contributed by atoms with van der Waals surface area (Å²) in [6.07, 6.45) is 1.89. The highest BCUT2D eigenvalue weighted by atomic mass is 32.1. The Kier molecular flexibility index (Phi) is 4.08. The van der Waals surface area contributed by atoms with Crippen molar-refractivity contribution in [1.82, 2.24) is 4.98 Å². The molecule has 0 unspecified atom stereocenters. The van der Waals surface area contributed by atoms with Gasteiger partial charge in [0.1, 0.15) is 0 Å². The van der Waals surface area contributed by atoms with E-state index in [2.05, 4.69) is 103 Å². The molecule has 7 rings (SSSR count). The molecule has 0 N–H and O–H groups in total. The van der Waals surface area contributed by atoms with Crippen LogP contribution in [0.4, 0.5) is 0 Å². The van der Waals surface area contributed by atoms with Gasteiger partial charge in [0.05, 0.1) is 5.52 Å². The fourth-order valence-electron chi connectivity index (χ4n) is 5.02. The van der Waals surface area contributed by atoms with Gasteiger partial charge in [0.25, 0.3) is 0 Å². The van der Waals surface area contributed by atoms with Crippen molar-refractivity contribution < 1.29 is 0 Å². The van der Waals surface area contributed by atoms with Gasteiger partial charge < -0.3 is 0 Å². The Hall–Kier alpha value is -4.01. The molecule has 0 spiro atoms. The largest absolute Gasteiger partial charge is 0.256 e. The number of fused-ring (bicyclic) bond motifs is 6. The van der Waals surface area contributed by atoms with Gasteiger partial charge in [-0.2, -0.15) is 0 Å². The van der Waals surface area contributed by atoms with Gasteiger partial charge in [0, 0.05) is 42.7 Å². The number of rotatable bonds is 2. The van der Waals surface area contributed by atoms with E-state index in [1.54, 1.807) is 0 Å². The Morgan fingerprint density at radius 1 is 0.485 bits per heavy atom. The Morgan fingerprint density at radius 2 is 1.15 bits per heavy atom. The topological polar surface area (TPSA) is 12.9 Å². The molecule has 33 heavy (non-hydrogen) atoms. The van der Waals surface area contributed by atoms with Crippen LogP contribution in [0.25, 0.3) is 64.1 Å². The predicted octanol–water partition coefficient (Wildman–Crippen LogP) is 9.09. The normalized spacial score (nSPS) is 11.6. The van der Waals surface area contributed by atoms with Crippen molar-refractivity contribution in [3.05, 3.63) is 115 Å². The van der Waals surface area contributed by atoms with Crippen molar-refractivity contribution in [3.8, 4) is 22.3 Å². The van der Waals surface area contributed by atoms with E-state index in [0.717, 1.165) is 5.52 Å². The van der Waals surface area contributed by atoms with Crippen LogP contribution in [-0.4, -0.2) is 4.98 Å². The SMILES string of the molecule is c1ccc(-c2cccc3c2sc2c(-c4cccc5ccc6cccnc6c45)cccc23)cc1. The van der Waals surface area contributed by atoms with Gasteiger partial charge in [-0.25, -0.2) is 0 Å². The maximum absolute atomic E-state index is 4.78. The highest BCUT2D eigenvalue weighted by Crippen LogP contribution is 2.45. The van der Waals surface area contributed by atoms with E-state index in [9.17, 15) is 0 Å². The van der Waals surface area contributed by atoms with Crippen molar-refractivity contribution >= 4 is 53.2 Å². The molecule has 7 aromatic rings. The van der Waals surface area contributed by atoms with Gasteiger partial charge in [-0.1, -0.05) is 103 Å². The van der Waals surface area contributed by atoms with E-state index in [4.69, 9.17) is 4.98 Å². The molecule has 0 saturated heterocycles. The first-order chi connectivity index (χ1) is 16.4. The first kappa shape index (κ1) is 18.6. The molecule has 0 bridgehead atoms. The van der Waals surface area contributed by atoms with Crippen LogP contribution in [0.3, 0.4) is 0 Å². The smallest absolute Gasteiger partial charge is 0.0786 e. The summed E-state index contributed by atoms with van der Waals surface area (Å²) in [4.78, 5) is 4.78. The predicted molar refractivity (Wildman–Crippen MR) is 143 cm³/mol. The monoisotopic (exact) mass is 437 g/mol. The average molecular weight is 438 g/mol. The number of thiophene rings is 1. The summed E-state index contributed by atoms with van der Waals surface area (Å²) in [5, 5.41) is 6.26. The average Bonchev–Trinajstić information content (AvgIpc) is 3.28. The highest BCUT2D eigenvalue weighted by Gasteiger charge is 2.16.